The van der Waals surface area contributed by atoms with Crippen LogP contribution in [0.15, 0.2) is 70.9 Å². The van der Waals surface area contributed by atoms with Crippen molar-refractivity contribution < 1.29 is 19.8 Å². The fraction of sp³-hybridized carbons (Fsp3) is 0.333. The van der Waals surface area contributed by atoms with Crippen molar-refractivity contribution in [3.63, 3.8) is 0 Å². The number of nitrogens with one attached hydrogen (secondary N) is 1. The lowest BCUT2D eigenvalue weighted by Crippen LogP contribution is -2.19. The van der Waals surface area contributed by atoms with Gasteiger partial charge in [-0.25, -0.2) is 0 Å². The maximum Gasteiger partial charge on any atom is 0.252 e. The third-order valence-electron chi connectivity index (χ3n) is 5.80. The van der Waals surface area contributed by atoms with Gasteiger partial charge in [0.1, 0.15) is 11.4 Å². The molecule has 33 heavy (non-hydrogen) atoms. The lowest BCUT2D eigenvalue weighted by Gasteiger charge is -2.32. The zero-order chi connectivity index (χ0) is 24.8. The summed E-state index contributed by atoms with van der Waals surface area (Å²) in [5.74, 6) is -2.38. The average Bonchev–Trinajstić information content (AvgIpc) is 2.69. The van der Waals surface area contributed by atoms with Gasteiger partial charge in [0.2, 0.25) is 5.91 Å². The van der Waals surface area contributed by atoms with Gasteiger partial charge in [-0.3, -0.25) is 9.59 Å². The molecule has 1 aromatic rings. The minimum Gasteiger partial charge on any atom is -0.506 e. The molecule has 0 aromatic heterocycles. The Hall–Kier alpha value is -3.54. The van der Waals surface area contributed by atoms with Gasteiger partial charge in [-0.15, -0.1) is 0 Å². The third-order valence-corrected chi connectivity index (χ3v) is 5.80. The van der Waals surface area contributed by atoms with E-state index in [0.717, 1.165) is 12.0 Å². The molecule has 2 rings (SSSR count). The first-order valence-electron chi connectivity index (χ1n) is 11.0. The standard InChI is InChI=1S/C27H34N2O4/c1-17(11-13-21-19(3)10-7-15-27(21,4)5)8-6-9-18(2)16-23(31)29-24-22(30)14-12-20(25(24)32)26(28)33/h6,8-9,11-14,16,30,32H,7,10,15H2,1-5H3,(H2,28,33)(H,29,31)/b9-6+,13-11+,17-8+,18-16+. The highest BCUT2D eigenvalue weighted by atomic mass is 16.3. The van der Waals surface area contributed by atoms with Gasteiger partial charge in [-0.1, -0.05) is 55.4 Å². The van der Waals surface area contributed by atoms with Crippen molar-refractivity contribution in [1.29, 1.82) is 0 Å². The quantitative estimate of drug-likeness (QED) is 0.244. The van der Waals surface area contributed by atoms with E-state index in [1.54, 1.807) is 13.0 Å². The maximum absolute atomic E-state index is 12.3. The number of rotatable bonds is 7. The highest BCUT2D eigenvalue weighted by Crippen LogP contribution is 2.40. The molecule has 0 aliphatic heterocycles. The van der Waals surface area contributed by atoms with Crippen molar-refractivity contribution in [2.24, 2.45) is 11.1 Å². The first-order chi connectivity index (χ1) is 15.4. The van der Waals surface area contributed by atoms with E-state index in [4.69, 9.17) is 5.73 Å². The zero-order valence-corrected chi connectivity index (χ0v) is 20.0. The number of hydrogen-bond donors (Lipinski definition) is 4. The van der Waals surface area contributed by atoms with Gasteiger partial charge in [0.15, 0.2) is 5.75 Å². The first kappa shape index (κ1) is 25.7. The fourth-order valence-electron chi connectivity index (χ4n) is 3.95. The molecule has 1 aromatic carbocycles. The second-order valence-corrected chi connectivity index (χ2v) is 9.13. The molecule has 176 valence electrons. The summed E-state index contributed by atoms with van der Waals surface area (Å²) in [5, 5.41) is 22.4. The van der Waals surface area contributed by atoms with Crippen LogP contribution in [-0.2, 0) is 4.79 Å². The van der Waals surface area contributed by atoms with E-state index in [1.807, 2.05) is 19.1 Å². The van der Waals surface area contributed by atoms with Crippen LogP contribution < -0.4 is 11.1 Å². The van der Waals surface area contributed by atoms with E-state index in [-0.39, 0.29) is 22.4 Å². The molecule has 6 heteroatoms. The van der Waals surface area contributed by atoms with Crippen LogP contribution >= 0.6 is 0 Å². The van der Waals surface area contributed by atoms with E-state index >= 15 is 0 Å². The SMILES string of the molecule is CC1=C(/C=C/C(C)=C/C=C/C(C)=C/C(=O)Nc2c(O)ccc(C(N)=O)c2O)C(C)(C)CCC1. The number of anilines is 1. The van der Waals surface area contributed by atoms with Crippen molar-refractivity contribution in [1.82, 2.24) is 0 Å². The Kier molecular flexibility index (Phi) is 8.46. The number of nitrogens with two attached hydrogens (primary N) is 1. The van der Waals surface area contributed by atoms with Crippen molar-refractivity contribution in [2.75, 3.05) is 5.32 Å². The summed E-state index contributed by atoms with van der Waals surface area (Å²) in [6.07, 6.45) is 14.8. The van der Waals surface area contributed by atoms with Crippen LogP contribution in [-0.4, -0.2) is 22.0 Å². The number of phenols is 2. The molecule has 0 fully saturated rings. The number of allylic oxidation sites excluding steroid dienone is 9. The Balaban J connectivity index is 2.07. The minimum atomic E-state index is -0.868. The fourth-order valence-corrected chi connectivity index (χ4v) is 3.95. The summed E-state index contributed by atoms with van der Waals surface area (Å²) in [4.78, 5) is 23.6. The molecular weight excluding hydrogens is 416 g/mol. The van der Waals surface area contributed by atoms with Crippen LogP contribution in [0.25, 0.3) is 0 Å². The van der Waals surface area contributed by atoms with E-state index in [2.05, 4.69) is 38.2 Å². The summed E-state index contributed by atoms with van der Waals surface area (Å²) in [7, 11) is 0. The lowest BCUT2D eigenvalue weighted by molar-refractivity contribution is -0.112. The molecule has 6 nitrogen and oxygen atoms in total. The number of aromatic hydroxyl groups is 2. The number of carbonyl (C=O) groups excluding carboxylic acids is 2. The number of amides is 2. The first-order valence-corrected chi connectivity index (χ1v) is 11.0. The second kappa shape index (κ2) is 10.9. The Labute approximate surface area is 195 Å². The summed E-state index contributed by atoms with van der Waals surface area (Å²) >= 11 is 0. The summed E-state index contributed by atoms with van der Waals surface area (Å²) in [6, 6.07) is 2.36. The molecule has 1 aliphatic carbocycles. The molecule has 0 radical (unpaired) electrons. The van der Waals surface area contributed by atoms with E-state index in [9.17, 15) is 19.8 Å². The highest BCUT2D eigenvalue weighted by molar-refractivity contribution is 6.05. The Morgan fingerprint density at radius 2 is 1.82 bits per heavy atom. The van der Waals surface area contributed by atoms with Crippen LogP contribution in [0.5, 0.6) is 11.5 Å². The van der Waals surface area contributed by atoms with Crippen LogP contribution in [0.1, 0.15) is 64.2 Å². The van der Waals surface area contributed by atoms with Gasteiger partial charge in [-0.05, 0) is 68.7 Å². The molecule has 1 aliphatic rings. The van der Waals surface area contributed by atoms with E-state index in [1.165, 1.54) is 42.2 Å². The highest BCUT2D eigenvalue weighted by Gasteiger charge is 2.26. The van der Waals surface area contributed by atoms with E-state index in [0.29, 0.717) is 5.57 Å². The smallest absolute Gasteiger partial charge is 0.252 e. The molecule has 5 N–H and O–H groups in total. The normalized spacial score (nSPS) is 17.1. The van der Waals surface area contributed by atoms with Gasteiger partial charge in [0.05, 0.1) is 5.56 Å². The van der Waals surface area contributed by atoms with Gasteiger partial charge in [-0.2, -0.15) is 0 Å². The average molecular weight is 451 g/mol. The number of benzene rings is 1. The van der Waals surface area contributed by atoms with Crippen LogP contribution in [0.2, 0.25) is 0 Å². The Morgan fingerprint density at radius 1 is 1.12 bits per heavy atom. The summed E-state index contributed by atoms with van der Waals surface area (Å²) < 4.78 is 0. The molecule has 0 heterocycles. The van der Waals surface area contributed by atoms with Crippen LogP contribution in [0.4, 0.5) is 5.69 Å². The molecular formula is C27H34N2O4. The third kappa shape index (κ3) is 6.97. The number of phenolic OH excluding ortho intramolecular Hbond substituents is 1. The van der Waals surface area contributed by atoms with Crippen LogP contribution in [0, 0.1) is 5.41 Å². The topological polar surface area (TPSA) is 113 Å². The lowest BCUT2D eigenvalue weighted by atomic mass is 9.72. The number of carbonyl (C=O) groups is 2. The minimum absolute atomic E-state index is 0.195. The largest absolute Gasteiger partial charge is 0.506 e. The maximum atomic E-state index is 12.3. The van der Waals surface area contributed by atoms with Gasteiger partial charge in [0, 0.05) is 6.08 Å². The van der Waals surface area contributed by atoms with Crippen molar-refractivity contribution >= 4 is 17.5 Å². The predicted octanol–water partition coefficient (Wildman–Crippen LogP) is 5.67. The summed E-state index contributed by atoms with van der Waals surface area (Å²) in [6.45, 7) is 10.6. The Morgan fingerprint density at radius 3 is 2.45 bits per heavy atom. The molecule has 0 bridgehead atoms. The van der Waals surface area contributed by atoms with Gasteiger partial charge < -0.3 is 21.3 Å². The van der Waals surface area contributed by atoms with E-state index < -0.39 is 17.6 Å². The van der Waals surface area contributed by atoms with Crippen molar-refractivity contribution in [3.8, 4) is 11.5 Å². The number of primary amides is 1. The van der Waals surface area contributed by atoms with Crippen LogP contribution in [0.3, 0.4) is 0 Å². The van der Waals surface area contributed by atoms with Crippen molar-refractivity contribution in [3.05, 3.63) is 76.4 Å². The zero-order valence-electron chi connectivity index (χ0n) is 20.0. The molecule has 2 amide bonds. The summed E-state index contributed by atoms with van der Waals surface area (Å²) in [5.41, 5.74) is 9.53. The number of hydrogen-bond acceptors (Lipinski definition) is 4. The Bertz CT molecular complexity index is 1090. The molecule has 0 unspecified atom stereocenters. The van der Waals surface area contributed by atoms with Crippen molar-refractivity contribution in [2.45, 2.75) is 53.9 Å². The molecule has 0 spiro atoms. The second-order valence-electron chi connectivity index (χ2n) is 9.13. The predicted molar refractivity (Wildman–Crippen MR) is 133 cm³/mol. The molecule has 0 saturated carbocycles. The molecule has 0 atom stereocenters. The monoisotopic (exact) mass is 450 g/mol. The molecule has 0 saturated heterocycles. The van der Waals surface area contributed by atoms with Gasteiger partial charge >= 0.3 is 0 Å². The van der Waals surface area contributed by atoms with Gasteiger partial charge in [0.25, 0.3) is 5.91 Å².